The second-order valence-corrected chi connectivity index (χ2v) is 9.35. The first-order valence-corrected chi connectivity index (χ1v) is 8.68. The molecule has 86 valence electrons. The Morgan fingerprint density at radius 2 is 2.33 bits per heavy atom. The molecule has 2 bridgehead atoms. The van der Waals surface area contributed by atoms with Crippen molar-refractivity contribution >= 4 is 44.4 Å². The summed E-state index contributed by atoms with van der Waals surface area (Å²) in [5.74, 6) is 0. The molecule has 0 amide bonds. The summed E-state index contributed by atoms with van der Waals surface area (Å²) in [6.07, 6.45) is 0.829. The van der Waals surface area contributed by atoms with E-state index in [1.165, 1.54) is 0 Å². The minimum atomic E-state index is -3.05. The lowest BCUT2D eigenvalue weighted by atomic mass is 9.93. The van der Waals surface area contributed by atoms with Crippen molar-refractivity contribution < 1.29 is 13.2 Å². The van der Waals surface area contributed by atoms with Crippen LogP contribution in [-0.4, -0.2) is 40.4 Å². The van der Waals surface area contributed by atoms with Crippen LogP contribution in [0.4, 0.5) is 0 Å². The van der Waals surface area contributed by atoms with Gasteiger partial charge in [-0.25, -0.2) is 13.1 Å². The SMILES string of the molecule is CC(I)OC1C2CC3C(S2)C1NS3(=O)=O. The molecule has 0 aromatic carbocycles. The highest BCUT2D eigenvalue weighted by molar-refractivity contribution is 14.1. The van der Waals surface area contributed by atoms with Gasteiger partial charge in [-0.3, -0.25) is 0 Å². The molecular formula is C8H12INO3S2. The molecular weight excluding hydrogens is 349 g/mol. The van der Waals surface area contributed by atoms with E-state index in [4.69, 9.17) is 4.74 Å². The van der Waals surface area contributed by atoms with Crippen LogP contribution < -0.4 is 4.72 Å². The number of ether oxygens (including phenoxy) is 1. The van der Waals surface area contributed by atoms with Crippen LogP contribution >= 0.6 is 34.4 Å². The molecule has 3 aliphatic rings. The van der Waals surface area contributed by atoms with Gasteiger partial charge in [0.1, 0.15) is 4.11 Å². The van der Waals surface area contributed by atoms with Gasteiger partial charge >= 0.3 is 0 Å². The zero-order chi connectivity index (χ0) is 10.8. The lowest BCUT2D eigenvalue weighted by Gasteiger charge is -2.26. The summed E-state index contributed by atoms with van der Waals surface area (Å²) in [4.78, 5) is 0. The summed E-state index contributed by atoms with van der Waals surface area (Å²) in [6, 6.07) is 0.0148. The molecule has 0 radical (unpaired) electrons. The third-order valence-corrected chi connectivity index (χ3v) is 7.38. The second-order valence-electron chi connectivity index (χ2n) is 4.25. The molecule has 1 N–H and O–H groups in total. The van der Waals surface area contributed by atoms with Gasteiger partial charge in [0.05, 0.1) is 17.4 Å². The van der Waals surface area contributed by atoms with Crippen LogP contribution in [0.25, 0.3) is 0 Å². The van der Waals surface area contributed by atoms with Gasteiger partial charge in [0.15, 0.2) is 0 Å². The van der Waals surface area contributed by atoms with Gasteiger partial charge in [0.2, 0.25) is 10.0 Å². The summed E-state index contributed by atoms with van der Waals surface area (Å²) in [7, 11) is -3.05. The van der Waals surface area contributed by atoms with Crippen molar-refractivity contribution in [1.82, 2.24) is 4.72 Å². The van der Waals surface area contributed by atoms with Crippen LogP contribution in [0.5, 0.6) is 0 Å². The Labute approximate surface area is 107 Å². The normalized spacial score (nSPS) is 52.3. The van der Waals surface area contributed by atoms with Gasteiger partial charge in [0.25, 0.3) is 0 Å². The Hall–Kier alpha value is 0.950. The summed E-state index contributed by atoms with van der Waals surface area (Å²) in [5.41, 5.74) is 0. The van der Waals surface area contributed by atoms with Crippen molar-refractivity contribution in [3.8, 4) is 0 Å². The van der Waals surface area contributed by atoms with Crippen LogP contribution in [0.15, 0.2) is 0 Å². The maximum atomic E-state index is 11.7. The predicted octanol–water partition coefficient (Wildman–Crippen LogP) is 0.710. The summed E-state index contributed by atoms with van der Waals surface area (Å²) < 4.78 is 32.2. The molecule has 7 heteroatoms. The zero-order valence-electron chi connectivity index (χ0n) is 8.09. The Morgan fingerprint density at radius 3 is 3.00 bits per heavy atom. The number of thioether (sulfide) groups is 1. The fourth-order valence-corrected chi connectivity index (χ4v) is 7.54. The number of fused-ring (bicyclic) bond motifs is 1. The van der Waals surface area contributed by atoms with Crippen LogP contribution in [0.2, 0.25) is 0 Å². The number of hydrogen-bond donors (Lipinski definition) is 1. The highest BCUT2D eigenvalue weighted by Crippen LogP contribution is 2.53. The molecule has 0 saturated carbocycles. The molecule has 6 atom stereocenters. The second kappa shape index (κ2) is 3.47. The van der Waals surface area contributed by atoms with E-state index in [1.54, 1.807) is 11.8 Å². The molecule has 3 aliphatic heterocycles. The van der Waals surface area contributed by atoms with Crippen LogP contribution in [0, 0.1) is 0 Å². The van der Waals surface area contributed by atoms with E-state index < -0.39 is 10.0 Å². The largest absolute Gasteiger partial charge is 0.362 e. The highest BCUT2D eigenvalue weighted by Gasteiger charge is 2.64. The van der Waals surface area contributed by atoms with Gasteiger partial charge in [-0.05, 0) is 13.3 Å². The van der Waals surface area contributed by atoms with Gasteiger partial charge in [-0.2, -0.15) is 0 Å². The van der Waals surface area contributed by atoms with Gasteiger partial charge in [-0.15, -0.1) is 11.8 Å². The summed E-state index contributed by atoms with van der Waals surface area (Å²) in [5, 5.41) is 0.425. The van der Waals surface area contributed by atoms with E-state index in [1.807, 2.05) is 6.92 Å². The van der Waals surface area contributed by atoms with Crippen molar-refractivity contribution in [2.24, 2.45) is 0 Å². The number of alkyl halides is 1. The molecule has 0 aliphatic carbocycles. The Bertz CT molecular complexity index is 385. The van der Waals surface area contributed by atoms with E-state index in [0.29, 0.717) is 5.25 Å². The van der Waals surface area contributed by atoms with E-state index in [0.717, 1.165) is 6.42 Å². The van der Waals surface area contributed by atoms with Crippen molar-refractivity contribution in [3.05, 3.63) is 0 Å². The van der Waals surface area contributed by atoms with Crippen molar-refractivity contribution in [2.45, 2.75) is 45.4 Å². The minimum absolute atomic E-state index is 0.0148. The lowest BCUT2D eigenvalue weighted by molar-refractivity contribution is 0.0296. The molecule has 4 nitrogen and oxygen atoms in total. The molecule has 3 saturated heterocycles. The lowest BCUT2D eigenvalue weighted by Crippen LogP contribution is -2.44. The molecule has 15 heavy (non-hydrogen) atoms. The maximum absolute atomic E-state index is 11.7. The number of hydrogen-bond acceptors (Lipinski definition) is 4. The first-order valence-electron chi connectivity index (χ1n) is 4.95. The molecule has 3 fully saturated rings. The van der Waals surface area contributed by atoms with E-state index in [9.17, 15) is 8.42 Å². The number of rotatable bonds is 2. The van der Waals surface area contributed by atoms with Crippen molar-refractivity contribution in [1.29, 1.82) is 0 Å². The molecule has 0 aromatic rings. The van der Waals surface area contributed by atoms with Crippen LogP contribution in [-0.2, 0) is 14.8 Å². The Morgan fingerprint density at radius 1 is 1.60 bits per heavy atom. The zero-order valence-corrected chi connectivity index (χ0v) is 11.9. The fourth-order valence-electron chi connectivity index (χ4n) is 2.76. The third kappa shape index (κ3) is 1.57. The molecule has 0 spiro atoms. The Balaban J connectivity index is 1.88. The number of sulfonamides is 1. The van der Waals surface area contributed by atoms with E-state index in [-0.39, 0.29) is 26.8 Å². The van der Waals surface area contributed by atoms with Gasteiger partial charge < -0.3 is 4.74 Å². The Kier molecular flexibility index (Phi) is 2.56. The standard InChI is InChI=1S/C8H12INO3S2/c1-3(9)13-7-4-2-5-8(14-4)6(7)10-15(5,11)12/h3-8,10H,2H2,1H3. The number of halogens is 1. The first-order chi connectivity index (χ1) is 6.99. The highest BCUT2D eigenvalue weighted by atomic mass is 127. The third-order valence-electron chi connectivity index (χ3n) is 3.28. The summed E-state index contributed by atoms with van der Waals surface area (Å²) >= 11 is 4.01. The average Bonchev–Trinajstić information content (AvgIpc) is 2.67. The monoisotopic (exact) mass is 361 g/mol. The quantitative estimate of drug-likeness (QED) is 0.582. The van der Waals surface area contributed by atoms with Crippen molar-refractivity contribution in [2.75, 3.05) is 0 Å². The number of nitrogens with one attached hydrogen (secondary N) is 1. The van der Waals surface area contributed by atoms with E-state index in [2.05, 4.69) is 27.3 Å². The minimum Gasteiger partial charge on any atom is -0.362 e. The van der Waals surface area contributed by atoms with E-state index >= 15 is 0 Å². The molecule has 3 heterocycles. The molecule has 6 unspecified atom stereocenters. The van der Waals surface area contributed by atoms with Gasteiger partial charge in [-0.1, -0.05) is 22.6 Å². The smallest absolute Gasteiger partial charge is 0.216 e. The average molecular weight is 361 g/mol. The van der Waals surface area contributed by atoms with Crippen LogP contribution in [0.3, 0.4) is 0 Å². The maximum Gasteiger partial charge on any atom is 0.216 e. The molecule has 0 aromatic heterocycles. The first kappa shape index (κ1) is 11.1. The van der Waals surface area contributed by atoms with Crippen molar-refractivity contribution in [3.63, 3.8) is 0 Å². The van der Waals surface area contributed by atoms with Gasteiger partial charge in [0, 0.05) is 10.5 Å². The predicted molar refractivity (Wildman–Crippen MR) is 67.8 cm³/mol. The van der Waals surface area contributed by atoms with Crippen LogP contribution in [0.1, 0.15) is 13.3 Å². The summed E-state index contributed by atoms with van der Waals surface area (Å²) in [6.45, 7) is 1.98. The fraction of sp³-hybridized carbons (Fsp3) is 1.00. The molecule has 3 rings (SSSR count). The topological polar surface area (TPSA) is 55.4 Å².